The first-order chi connectivity index (χ1) is 9.56. The van der Waals surface area contributed by atoms with E-state index in [9.17, 15) is 9.90 Å². The van der Waals surface area contributed by atoms with Crippen molar-refractivity contribution in [3.8, 4) is 5.75 Å². The quantitative estimate of drug-likeness (QED) is 0.471. The molecule has 2 N–H and O–H groups in total. The zero-order chi connectivity index (χ0) is 14.5. The number of nitrogens with zero attached hydrogens (tertiary/aromatic N) is 1. The number of hydrogen-bond donors (Lipinski definition) is 2. The maximum Gasteiger partial charge on any atom is 0.275 e. The van der Waals surface area contributed by atoms with Crippen LogP contribution in [-0.2, 0) is 0 Å². The van der Waals surface area contributed by atoms with E-state index in [1.807, 2.05) is 6.07 Å². The highest BCUT2D eigenvalue weighted by Crippen LogP contribution is 2.19. The van der Waals surface area contributed by atoms with Gasteiger partial charge in [0.2, 0.25) is 0 Å². The smallest absolute Gasteiger partial charge is 0.275 e. The van der Waals surface area contributed by atoms with Crippen LogP contribution < -0.4 is 5.43 Å². The lowest BCUT2D eigenvalue weighted by molar-refractivity contribution is 0.0952. The first-order valence-electron chi connectivity index (χ1n) is 5.64. The van der Waals surface area contributed by atoms with E-state index in [2.05, 4.69) is 33.1 Å². The van der Waals surface area contributed by atoms with Crippen molar-refractivity contribution in [2.75, 3.05) is 0 Å². The Morgan fingerprint density at radius 1 is 1.30 bits per heavy atom. The fourth-order valence-electron chi connectivity index (χ4n) is 1.50. The van der Waals surface area contributed by atoms with Crippen molar-refractivity contribution >= 4 is 46.3 Å². The third kappa shape index (κ3) is 3.94. The number of hydrazone groups is 1. The minimum Gasteiger partial charge on any atom is -0.507 e. The molecular formula is C14H10ClIN2O2. The maximum absolute atomic E-state index is 11.9. The van der Waals surface area contributed by atoms with Crippen LogP contribution in [0.25, 0.3) is 0 Å². The van der Waals surface area contributed by atoms with Crippen molar-refractivity contribution in [2.24, 2.45) is 5.10 Å². The number of halogens is 2. The Morgan fingerprint density at radius 3 is 2.85 bits per heavy atom. The first kappa shape index (κ1) is 14.8. The number of phenolic OH excluding ortho intramolecular Hbond substituents is 1. The number of carbonyl (C=O) groups excluding carboxylic acids is 1. The van der Waals surface area contributed by atoms with Gasteiger partial charge < -0.3 is 5.11 Å². The highest BCUT2D eigenvalue weighted by molar-refractivity contribution is 14.1. The van der Waals surface area contributed by atoms with Crippen LogP contribution in [0.2, 0.25) is 5.02 Å². The van der Waals surface area contributed by atoms with Gasteiger partial charge in [0.1, 0.15) is 5.75 Å². The molecule has 102 valence electrons. The Kier molecular flexibility index (Phi) is 4.97. The molecule has 0 aromatic heterocycles. The Labute approximate surface area is 134 Å². The molecule has 0 saturated carbocycles. The molecule has 0 atom stereocenters. The zero-order valence-corrected chi connectivity index (χ0v) is 13.1. The summed E-state index contributed by atoms with van der Waals surface area (Å²) < 4.78 is 0.851. The van der Waals surface area contributed by atoms with Crippen molar-refractivity contribution < 1.29 is 9.90 Å². The summed E-state index contributed by atoms with van der Waals surface area (Å²) in [5, 5.41) is 14.1. The summed E-state index contributed by atoms with van der Waals surface area (Å²) in [7, 11) is 0. The summed E-state index contributed by atoms with van der Waals surface area (Å²) in [6.07, 6.45) is 1.48. The molecule has 0 aliphatic rings. The summed E-state index contributed by atoms with van der Waals surface area (Å²) in [5.41, 5.74) is 3.31. The molecule has 0 saturated heterocycles. The number of nitrogens with one attached hydrogen (secondary N) is 1. The van der Waals surface area contributed by atoms with E-state index in [0.717, 1.165) is 9.13 Å². The van der Waals surface area contributed by atoms with Gasteiger partial charge in [-0.05, 0) is 58.5 Å². The molecule has 0 spiro atoms. The monoisotopic (exact) mass is 400 g/mol. The number of phenols is 1. The molecule has 0 radical (unpaired) electrons. The summed E-state index contributed by atoms with van der Waals surface area (Å²) in [6.45, 7) is 0. The van der Waals surface area contributed by atoms with Crippen molar-refractivity contribution in [1.82, 2.24) is 5.43 Å². The number of rotatable bonds is 3. The Balaban J connectivity index is 2.07. The van der Waals surface area contributed by atoms with Gasteiger partial charge in [-0.15, -0.1) is 0 Å². The summed E-state index contributed by atoms with van der Waals surface area (Å²) in [5.74, 6) is -0.555. The van der Waals surface area contributed by atoms with E-state index in [4.69, 9.17) is 11.6 Å². The molecule has 0 heterocycles. The van der Waals surface area contributed by atoms with Crippen molar-refractivity contribution in [3.05, 3.63) is 62.2 Å². The zero-order valence-electron chi connectivity index (χ0n) is 10.2. The van der Waals surface area contributed by atoms with Crippen LogP contribution >= 0.6 is 34.2 Å². The molecule has 2 aromatic carbocycles. The van der Waals surface area contributed by atoms with Crippen LogP contribution in [0.3, 0.4) is 0 Å². The number of amides is 1. The lowest BCUT2D eigenvalue weighted by atomic mass is 10.2. The van der Waals surface area contributed by atoms with Crippen LogP contribution in [0.1, 0.15) is 15.9 Å². The topological polar surface area (TPSA) is 61.7 Å². The van der Waals surface area contributed by atoms with Crippen LogP contribution in [0.15, 0.2) is 47.6 Å². The van der Waals surface area contributed by atoms with Gasteiger partial charge >= 0.3 is 0 Å². The number of benzene rings is 2. The van der Waals surface area contributed by atoms with Gasteiger partial charge in [0.25, 0.3) is 5.91 Å². The van der Waals surface area contributed by atoms with E-state index in [1.165, 1.54) is 12.3 Å². The van der Waals surface area contributed by atoms with Crippen LogP contribution in [0, 0.1) is 3.57 Å². The fourth-order valence-corrected chi connectivity index (χ4v) is 2.19. The van der Waals surface area contributed by atoms with Gasteiger partial charge in [-0.3, -0.25) is 4.79 Å². The number of carbonyl (C=O) groups is 1. The SMILES string of the molecule is O=C(NN=Cc1cccc(Cl)c1)c1cc(I)ccc1O. The molecule has 0 aliphatic carbocycles. The van der Waals surface area contributed by atoms with Gasteiger partial charge in [-0.1, -0.05) is 23.7 Å². The lowest BCUT2D eigenvalue weighted by Crippen LogP contribution is -2.17. The highest BCUT2D eigenvalue weighted by atomic mass is 127. The molecule has 1 amide bonds. The van der Waals surface area contributed by atoms with E-state index in [1.54, 1.807) is 30.3 Å². The average Bonchev–Trinajstić information content (AvgIpc) is 2.41. The van der Waals surface area contributed by atoms with Gasteiger partial charge in [0, 0.05) is 8.59 Å². The fraction of sp³-hybridized carbons (Fsp3) is 0. The van der Waals surface area contributed by atoms with E-state index >= 15 is 0 Å². The molecular weight excluding hydrogens is 391 g/mol. The van der Waals surface area contributed by atoms with Crippen LogP contribution in [0.5, 0.6) is 5.75 Å². The Bertz CT molecular complexity index is 674. The summed E-state index contributed by atoms with van der Waals surface area (Å²) >= 11 is 7.90. The van der Waals surface area contributed by atoms with E-state index in [0.29, 0.717) is 5.02 Å². The standard InChI is InChI=1S/C14H10ClIN2O2/c15-10-3-1-2-9(6-10)8-17-18-14(20)12-7-11(16)4-5-13(12)19/h1-8,19H,(H,18,20). The second-order valence-corrected chi connectivity index (χ2v) is 5.60. The minimum atomic E-state index is -0.473. The van der Waals surface area contributed by atoms with Gasteiger partial charge in [-0.25, -0.2) is 5.43 Å². The third-order valence-corrected chi connectivity index (χ3v) is 3.34. The molecule has 6 heteroatoms. The van der Waals surface area contributed by atoms with E-state index in [-0.39, 0.29) is 11.3 Å². The Hall–Kier alpha value is -1.60. The van der Waals surface area contributed by atoms with E-state index < -0.39 is 5.91 Å². The molecule has 0 bridgehead atoms. The average molecular weight is 401 g/mol. The maximum atomic E-state index is 11.9. The molecule has 20 heavy (non-hydrogen) atoms. The van der Waals surface area contributed by atoms with Gasteiger partial charge in [-0.2, -0.15) is 5.10 Å². The van der Waals surface area contributed by atoms with Gasteiger partial charge in [0.05, 0.1) is 11.8 Å². The third-order valence-electron chi connectivity index (χ3n) is 2.43. The normalized spacial score (nSPS) is 10.7. The largest absolute Gasteiger partial charge is 0.507 e. The van der Waals surface area contributed by atoms with Crippen LogP contribution in [-0.4, -0.2) is 17.2 Å². The molecule has 0 unspecified atom stereocenters. The lowest BCUT2D eigenvalue weighted by Gasteiger charge is -2.03. The Morgan fingerprint density at radius 2 is 2.10 bits per heavy atom. The first-order valence-corrected chi connectivity index (χ1v) is 7.09. The predicted octanol–water partition coefficient (Wildman–Crippen LogP) is 3.41. The number of aromatic hydroxyl groups is 1. The minimum absolute atomic E-state index is 0.0825. The molecule has 2 aromatic rings. The molecule has 0 fully saturated rings. The van der Waals surface area contributed by atoms with Crippen LogP contribution in [0.4, 0.5) is 0 Å². The summed E-state index contributed by atoms with van der Waals surface area (Å²) in [6, 6.07) is 11.8. The molecule has 0 aliphatic heterocycles. The highest BCUT2D eigenvalue weighted by Gasteiger charge is 2.10. The van der Waals surface area contributed by atoms with Crippen molar-refractivity contribution in [3.63, 3.8) is 0 Å². The molecule has 2 rings (SSSR count). The summed E-state index contributed by atoms with van der Waals surface area (Å²) in [4.78, 5) is 11.9. The van der Waals surface area contributed by atoms with Crippen molar-refractivity contribution in [2.45, 2.75) is 0 Å². The predicted molar refractivity (Wildman–Crippen MR) is 87.3 cm³/mol. The number of hydrogen-bond acceptors (Lipinski definition) is 3. The molecule has 4 nitrogen and oxygen atoms in total. The second-order valence-electron chi connectivity index (χ2n) is 3.92. The van der Waals surface area contributed by atoms with Gasteiger partial charge in [0.15, 0.2) is 0 Å². The van der Waals surface area contributed by atoms with Crippen molar-refractivity contribution in [1.29, 1.82) is 0 Å². The second kappa shape index (κ2) is 6.71.